The number of carbonyl (C=O) groups excluding carboxylic acids is 1. The van der Waals surface area contributed by atoms with Gasteiger partial charge in [0, 0.05) is 35.1 Å². The second-order valence-corrected chi connectivity index (χ2v) is 7.53. The molecule has 1 amide bonds. The Morgan fingerprint density at radius 3 is 2.62 bits per heavy atom. The van der Waals surface area contributed by atoms with Gasteiger partial charge in [-0.15, -0.1) is 10.2 Å². The highest BCUT2D eigenvalue weighted by Gasteiger charge is 2.42. The molecule has 0 aliphatic carbocycles. The quantitative estimate of drug-likeness (QED) is 0.361. The molecule has 0 radical (unpaired) electrons. The Labute approximate surface area is 194 Å². The monoisotopic (exact) mass is 452 g/mol. The van der Waals surface area contributed by atoms with E-state index in [1.165, 1.54) is 19.5 Å². The third kappa shape index (κ3) is 3.63. The van der Waals surface area contributed by atoms with Crippen molar-refractivity contribution in [1.29, 1.82) is 0 Å². The fourth-order valence-corrected chi connectivity index (χ4v) is 3.84. The minimum absolute atomic E-state index is 0.103. The molecule has 3 heterocycles. The van der Waals surface area contributed by atoms with Crippen LogP contribution in [-0.4, -0.2) is 43.3 Å². The Morgan fingerprint density at radius 1 is 1.06 bits per heavy atom. The van der Waals surface area contributed by atoms with E-state index < -0.39 is 11.5 Å². The molecule has 3 N–H and O–H groups in total. The zero-order chi connectivity index (χ0) is 23.5. The van der Waals surface area contributed by atoms with Crippen molar-refractivity contribution in [3.8, 4) is 17.0 Å². The molecule has 0 unspecified atom stereocenters. The first-order valence-corrected chi connectivity index (χ1v) is 10.5. The normalized spacial score (nSPS) is 12.8. The molecule has 0 bridgehead atoms. The number of rotatable bonds is 6. The fraction of sp³-hybridized carbons (Fsp3) is 0.0800. The number of aromatic nitrogens is 5. The van der Waals surface area contributed by atoms with Gasteiger partial charge in [-0.3, -0.25) is 9.78 Å². The van der Waals surface area contributed by atoms with E-state index in [9.17, 15) is 9.90 Å². The third-order valence-corrected chi connectivity index (χ3v) is 5.48. The van der Waals surface area contributed by atoms with Crippen LogP contribution in [0.25, 0.3) is 22.0 Å². The zero-order valence-electron chi connectivity index (χ0n) is 18.1. The highest BCUT2D eigenvalue weighted by molar-refractivity contribution is 6.01. The molecule has 34 heavy (non-hydrogen) atoms. The van der Waals surface area contributed by atoms with Crippen molar-refractivity contribution in [2.24, 2.45) is 0 Å². The number of anilines is 1. The topological polar surface area (TPSA) is 126 Å². The number of imidazole rings is 1. The Balaban J connectivity index is 1.55. The lowest BCUT2D eigenvalue weighted by molar-refractivity contribution is -0.131. The maximum Gasteiger partial charge on any atom is 0.269 e. The van der Waals surface area contributed by atoms with Crippen molar-refractivity contribution in [2.45, 2.75) is 5.60 Å². The summed E-state index contributed by atoms with van der Waals surface area (Å²) in [5, 5.41) is 23.5. The van der Waals surface area contributed by atoms with Gasteiger partial charge >= 0.3 is 0 Å². The molecule has 1 atom stereocenters. The lowest BCUT2D eigenvalue weighted by atomic mass is 9.91. The van der Waals surface area contributed by atoms with E-state index in [0.717, 1.165) is 5.39 Å². The molecule has 5 aromatic rings. The van der Waals surface area contributed by atoms with Gasteiger partial charge in [-0.25, -0.2) is 4.98 Å². The summed E-state index contributed by atoms with van der Waals surface area (Å²) in [5.41, 5.74) is 0.777. The van der Waals surface area contributed by atoms with E-state index in [2.05, 4.69) is 30.5 Å². The molecular formula is C25H20N6O3. The van der Waals surface area contributed by atoms with Crippen LogP contribution in [0.5, 0.6) is 5.88 Å². The standard InChI is InChI=1S/C25H20N6O3/c1-34-22-21(19-9-5-6-10-20(19)30-31-22)16-13-18(15-26-14-16)29-24(32)25(33,23-27-11-12-28-23)17-7-3-2-4-8-17/h2-15,33H,1H3,(H,27,28)(H,29,32)/t25-/m1/s1. The number of amides is 1. The van der Waals surface area contributed by atoms with Crippen LogP contribution < -0.4 is 10.1 Å². The summed E-state index contributed by atoms with van der Waals surface area (Å²) < 4.78 is 5.45. The molecule has 0 aliphatic rings. The zero-order valence-corrected chi connectivity index (χ0v) is 18.1. The number of H-pyrrole nitrogens is 1. The van der Waals surface area contributed by atoms with Crippen molar-refractivity contribution in [3.63, 3.8) is 0 Å². The molecule has 9 nitrogen and oxygen atoms in total. The van der Waals surface area contributed by atoms with Gasteiger partial charge in [-0.2, -0.15) is 0 Å². The molecule has 0 fully saturated rings. The summed E-state index contributed by atoms with van der Waals surface area (Å²) in [4.78, 5) is 24.7. The van der Waals surface area contributed by atoms with Crippen LogP contribution in [0, 0.1) is 0 Å². The Bertz CT molecular complexity index is 1460. The average Bonchev–Trinajstić information content (AvgIpc) is 3.44. The van der Waals surface area contributed by atoms with Crippen molar-refractivity contribution in [1.82, 2.24) is 25.1 Å². The van der Waals surface area contributed by atoms with Crippen LogP contribution in [0.1, 0.15) is 11.4 Å². The molecular weight excluding hydrogens is 432 g/mol. The molecule has 0 saturated carbocycles. The smallest absolute Gasteiger partial charge is 0.269 e. The maximum atomic E-state index is 13.4. The Morgan fingerprint density at radius 2 is 1.85 bits per heavy atom. The Kier molecular flexibility index (Phi) is 5.44. The van der Waals surface area contributed by atoms with Gasteiger partial charge in [0.05, 0.1) is 30.1 Å². The van der Waals surface area contributed by atoms with Gasteiger partial charge in [0.25, 0.3) is 5.91 Å². The summed E-state index contributed by atoms with van der Waals surface area (Å²) in [6.45, 7) is 0. The van der Waals surface area contributed by atoms with Crippen LogP contribution in [-0.2, 0) is 10.4 Å². The lowest BCUT2D eigenvalue weighted by Gasteiger charge is -2.25. The number of hydrogen-bond donors (Lipinski definition) is 3. The lowest BCUT2D eigenvalue weighted by Crippen LogP contribution is -2.42. The fourth-order valence-electron chi connectivity index (χ4n) is 3.84. The minimum atomic E-state index is -2.04. The van der Waals surface area contributed by atoms with Crippen LogP contribution in [0.3, 0.4) is 0 Å². The summed E-state index contributed by atoms with van der Waals surface area (Å²) in [5.74, 6) is -0.246. The molecule has 168 valence electrons. The van der Waals surface area contributed by atoms with Gasteiger partial charge in [-0.05, 0) is 12.1 Å². The summed E-state index contributed by atoms with van der Waals surface area (Å²) in [7, 11) is 1.52. The molecule has 0 spiro atoms. The number of nitrogens with one attached hydrogen (secondary N) is 2. The van der Waals surface area contributed by atoms with Crippen LogP contribution in [0.15, 0.2) is 85.5 Å². The molecule has 0 aliphatic heterocycles. The van der Waals surface area contributed by atoms with E-state index in [4.69, 9.17) is 4.74 Å². The van der Waals surface area contributed by atoms with E-state index >= 15 is 0 Å². The number of benzene rings is 2. The number of aromatic amines is 1. The number of methoxy groups -OCH3 is 1. The van der Waals surface area contributed by atoms with Gasteiger partial charge in [0.1, 0.15) is 0 Å². The predicted octanol–water partition coefficient (Wildman–Crippen LogP) is 3.30. The summed E-state index contributed by atoms with van der Waals surface area (Å²) in [6.07, 6.45) is 6.18. The van der Waals surface area contributed by atoms with Gasteiger partial charge in [0.2, 0.25) is 11.5 Å². The number of pyridine rings is 1. The number of ether oxygens (including phenoxy) is 1. The average molecular weight is 452 g/mol. The molecule has 5 rings (SSSR count). The number of fused-ring (bicyclic) bond motifs is 1. The number of carbonyl (C=O) groups is 1. The van der Waals surface area contributed by atoms with Crippen LogP contribution in [0.2, 0.25) is 0 Å². The van der Waals surface area contributed by atoms with Gasteiger partial charge < -0.3 is 20.1 Å². The highest BCUT2D eigenvalue weighted by atomic mass is 16.5. The van der Waals surface area contributed by atoms with E-state index in [1.54, 1.807) is 48.8 Å². The first-order chi connectivity index (χ1) is 16.6. The minimum Gasteiger partial charge on any atom is -0.479 e. The van der Waals surface area contributed by atoms with E-state index in [1.807, 2.05) is 24.3 Å². The maximum absolute atomic E-state index is 13.4. The van der Waals surface area contributed by atoms with Crippen molar-refractivity contribution >= 4 is 22.5 Å². The third-order valence-electron chi connectivity index (χ3n) is 5.48. The first kappa shape index (κ1) is 21.2. The highest BCUT2D eigenvalue weighted by Crippen LogP contribution is 2.35. The predicted molar refractivity (Wildman–Crippen MR) is 126 cm³/mol. The van der Waals surface area contributed by atoms with E-state index in [-0.39, 0.29) is 5.82 Å². The number of nitrogens with zero attached hydrogens (tertiary/aromatic N) is 4. The van der Waals surface area contributed by atoms with E-state index in [0.29, 0.717) is 33.8 Å². The largest absolute Gasteiger partial charge is 0.479 e. The van der Waals surface area contributed by atoms with Crippen LogP contribution in [0.4, 0.5) is 5.69 Å². The van der Waals surface area contributed by atoms with Crippen molar-refractivity contribution in [2.75, 3.05) is 12.4 Å². The van der Waals surface area contributed by atoms with Crippen LogP contribution >= 0.6 is 0 Å². The SMILES string of the molecule is COc1nnc2ccccc2c1-c1cncc(NC(=O)[C@@](O)(c2ccccc2)c2ncc[nH]2)c1. The van der Waals surface area contributed by atoms with Gasteiger partial charge in [-0.1, -0.05) is 48.5 Å². The van der Waals surface area contributed by atoms with Crippen molar-refractivity contribution < 1.29 is 14.6 Å². The van der Waals surface area contributed by atoms with Crippen molar-refractivity contribution in [3.05, 3.63) is 96.8 Å². The number of aliphatic hydroxyl groups is 1. The second kappa shape index (κ2) is 8.72. The van der Waals surface area contributed by atoms with Gasteiger partial charge in [0.15, 0.2) is 5.82 Å². The number of hydrogen-bond acceptors (Lipinski definition) is 7. The molecule has 0 saturated heterocycles. The summed E-state index contributed by atoms with van der Waals surface area (Å²) in [6, 6.07) is 17.9. The second-order valence-electron chi connectivity index (χ2n) is 7.53. The summed E-state index contributed by atoms with van der Waals surface area (Å²) >= 11 is 0. The molecule has 2 aromatic carbocycles. The molecule has 9 heteroatoms. The Hall–Kier alpha value is -4.63. The first-order valence-electron chi connectivity index (χ1n) is 10.5. The molecule has 3 aromatic heterocycles.